The first-order valence-corrected chi connectivity index (χ1v) is 7.28. The Morgan fingerprint density at radius 1 is 1.05 bits per heavy atom. The Morgan fingerprint density at radius 2 is 1.82 bits per heavy atom. The normalized spacial score (nSPS) is 11.6. The topological polar surface area (TPSA) is 50.4 Å². The van der Waals surface area contributed by atoms with Crippen molar-refractivity contribution in [2.24, 2.45) is 0 Å². The number of anilines is 2. The molecule has 1 amide bonds. The summed E-state index contributed by atoms with van der Waals surface area (Å²) < 4.78 is 5.18. The number of carbonyl (C=O) groups is 1. The van der Waals surface area contributed by atoms with E-state index in [4.69, 9.17) is 4.74 Å². The molecule has 0 fully saturated rings. The lowest BCUT2D eigenvalue weighted by atomic mass is 10.1. The molecule has 22 heavy (non-hydrogen) atoms. The van der Waals surface area contributed by atoms with Gasteiger partial charge in [0.25, 0.3) is 0 Å². The summed E-state index contributed by atoms with van der Waals surface area (Å²) in [6.45, 7) is 5.91. The molecule has 116 valence electrons. The lowest BCUT2D eigenvalue weighted by Gasteiger charge is -2.16. The Kier molecular flexibility index (Phi) is 5.04. The van der Waals surface area contributed by atoms with Gasteiger partial charge in [0.1, 0.15) is 11.8 Å². The van der Waals surface area contributed by atoms with Crippen molar-refractivity contribution < 1.29 is 9.53 Å². The van der Waals surface area contributed by atoms with Crippen LogP contribution in [0.4, 0.5) is 11.4 Å². The minimum atomic E-state index is -0.353. The van der Waals surface area contributed by atoms with Gasteiger partial charge in [-0.15, -0.1) is 0 Å². The number of hydrogen-bond acceptors (Lipinski definition) is 3. The van der Waals surface area contributed by atoms with Crippen molar-refractivity contribution in [2.75, 3.05) is 17.7 Å². The lowest BCUT2D eigenvalue weighted by molar-refractivity contribution is -0.116. The van der Waals surface area contributed by atoms with Crippen LogP contribution in [0, 0.1) is 13.8 Å². The smallest absolute Gasteiger partial charge is 0.246 e. The van der Waals surface area contributed by atoms with Gasteiger partial charge in [-0.05, 0) is 56.2 Å². The van der Waals surface area contributed by atoms with Crippen molar-refractivity contribution in [2.45, 2.75) is 26.8 Å². The maximum Gasteiger partial charge on any atom is 0.246 e. The second-order valence-electron chi connectivity index (χ2n) is 5.39. The van der Waals surface area contributed by atoms with Crippen molar-refractivity contribution in [1.82, 2.24) is 0 Å². The van der Waals surface area contributed by atoms with E-state index in [1.54, 1.807) is 7.11 Å². The zero-order valence-corrected chi connectivity index (χ0v) is 13.4. The molecule has 0 radical (unpaired) electrons. The molecule has 0 heterocycles. The second-order valence-corrected chi connectivity index (χ2v) is 5.39. The van der Waals surface area contributed by atoms with Gasteiger partial charge in [-0.1, -0.05) is 12.1 Å². The van der Waals surface area contributed by atoms with E-state index in [0.29, 0.717) is 0 Å². The molecule has 4 heteroatoms. The SMILES string of the molecule is COc1cccc(NC(C)C(=O)Nc2ccc(C)c(C)c2)c1. The first-order chi connectivity index (χ1) is 10.5. The van der Waals surface area contributed by atoms with Gasteiger partial charge < -0.3 is 15.4 Å². The molecule has 2 rings (SSSR count). The van der Waals surface area contributed by atoms with Crippen LogP contribution in [0.3, 0.4) is 0 Å². The maximum absolute atomic E-state index is 12.3. The molecule has 2 N–H and O–H groups in total. The van der Waals surface area contributed by atoms with Gasteiger partial charge in [0, 0.05) is 17.4 Å². The minimum Gasteiger partial charge on any atom is -0.497 e. The number of carbonyl (C=O) groups excluding carboxylic acids is 1. The largest absolute Gasteiger partial charge is 0.497 e. The Hall–Kier alpha value is -2.49. The second kappa shape index (κ2) is 6.98. The zero-order chi connectivity index (χ0) is 16.1. The van der Waals surface area contributed by atoms with Gasteiger partial charge in [0.2, 0.25) is 5.91 Å². The first kappa shape index (κ1) is 15.9. The molecule has 0 aliphatic heterocycles. The molecule has 0 bridgehead atoms. The van der Waals surface area contributed by atoms with E-state index in [-0.39, 0.29) is 11.9 Å². The number of benzene rings is 2. The highest BCUT2D eigenvalue weighted by molar-refractivity contribution is 5.96. The number of rotatable bonds is 5. The van der Waals surface area contributed by atoms with Crippen LogP contribution >= 0.6 is 0 Å². The number of nitrogens with one attached hydrogen (secondary N) is 2. The summed E-state index contributed by atoms with van der Waals surface area (Å²) in [6.07, 6.45) is 0. The highest BCUT2D eigenvalue weighted by Crippen LogP contribution is 2.18. The Morgan fingerprint density at radius 3 is 2.50 bits per heavy atom. The van der Waals surface area contributed by atoms with E-state index in [2.05, 4.69) is 10.6 Å². The molecule has 0 aliphatic carbocycles. The molecule has 4 nitrogen and oxygen atoms in total. The van der Waals surface area contributed by atoms with E-state index in [9.17, 15) is 4.79 Å². The lowest BCUT2D eigenvalue weighted by Crippen LogP contribution is -2.31. The molecule has 1 atom stereocenters. The van der Waals surface area contributed by atoms with Crippen LogP contribution < -0.4 is 15.4 Å². The van der Waals surface area contributed by atoms with E-state index in [1.165, 1.54) is 5.56 Å². The van der Waals surface area contributed by atoms with Crippen LogP contribution in [-0.4, -0.2) is 19.1 Å². The molecule has 0 aromatic heterocycles. The molecule has 2 aromatic carbocycles. The zero-order valence-electron chi connectivity index (χ0n) is 13.4. The molecule has 0 spiro atoms. The van der Waals surface area contributed by atoms with Gasteiger partial charge in [-0.25, -0.2) is 0 Å². The summed E-state index contributed by atoms with van der Waals surface area (Å²) in [5.74, 6) is 0.679. The van der Waals surface area contributed by atoms with Gasteiger partial charge in [0.05, 0.1) is 7.11 Å². The van der Waals surface area contributed by atoms with Gasteiger partial charge in [0.15, 0.2) is 0 Å². The number of aryl methyl sites for hydroxylation is 2. The Balaban J connectivity index is 2.00. The van der Waals surface area contributed by atoms with Crippen LogP contribution in [-0.2, 0) is 4.79 Å². The summed E-state index contributed by atoms with van der Waals surface area (Å²) >= 11 is 0. The van der Waals surface area contributed by atoms with Crippen molar-refractivity contribution >= 4 is 17.3 Å². The van der Waals surface area contributed by atoms with Gasteiger partial charge >= 0.3 is 0 Å². The molecule has 0 saturated carbocycles. The van der Waals surface area contributed by atoms with E-state index in [1.807, 2.05) is 63.2 Å². The van der Waals surface area contributed by atoms with Gasteiger partial charge in [-0.3, -0.25) is 4.79 Å². The summed E-state index contributed by atoms with van der Waals surface area (Å²) in [7, 11) is 1.62. The van der Waals surface area contributed by atoms with Crippen LogP contribution in [0.25, 0.3) is 0 Å². The maximum atomic E-state index is 12.3. The summed E-state index contributed by atoms with van der Waals surface area (Å²) in [6, 6.07) is 13.1. The van der Waals surface area contributed by atoms with Crippen molar-refractivity contribution in [3.05, 3.63) is 53.6 Å². The first-order valence-electron chi connectivity index (χ1n) is 7.28. The number of methoxy groups -OCH3 is 1. The predicted molar refractivity (Wildman–Crippen MR) is 90.6 cm³/mol. The third-order valence-corrected chi connectivity index (χ3v) is 3.62. The van der Waals surface area contributed by atoms with E-state index >= 15 is 0 Å². The monoisotopic (exact) mass is 298 g/mol. The van der Waals surface area contributed by atoms with Crippen LogP contribution in [0.15, 0.2) is 42.5 Å². The fourth-order valence-electron chi connectivity index (χ4n) is 2.10. The average molecular weight is 298 g/mol. The molecule has 0 aliphatic rings. The van der Waals surface area contributed by atoms with Crippen LogP contribution in [0.5, 0.6) is 5.75 Å². The summed E-state index contributed by atoms with van der Waals surface area (Å²) in [4.78, 5) is 12.3. The standard InChI is InChI=1S/C18H22N2O2/c1-12-8-9-16(10-13(12)2)20-18(21)14(3)19-15-6-5-7-17(11-15)22-4/h5-11,14,19H,1-4H3,(H,20,21). The highest BCUT2D eigenvalue weighted by atomic mass is 16.5. The van der Waals surface area contributed by atoms with Crippen LogP contribution in [0.1, 0.15) is 18.1 Å². The Bertz CT molecular complexity index is 668. The molecular weight excluding hydrogens is 276 g/mol. The van der Waals surface area contributed by atoms with Crippen molar-refractivity contribution in [3.63, 3.8) is 0 Å². The van der Waals surface area contributed by atoms with Crippen molar-refractivity contribution in [1.29, 1.82) is 0 Å². The number of amides is 1. The molecular formula is C18H22N2O2. The third kappa shape index (κ3) is 4.01. The average Bonchev–Trinajstić information content (AvgIpc) is 2.51. The highest BCUT2D eigenvalue weighted by Gasteiger charge is 2.13. The molecule has 0 saturated heterocycles. The number of hydrogen-bond donors (Lipinski definition) is 2. The van der Waals surface area contributed by atoms with Crippen molar-refractivity contribution in [3.8, 4) is 5.75 Å². The predicted octanol–water partition coefficient (Wildman–Crippen LogP) is 3.75. The summed E-state index contributed by atoms with van der Waals surface area (Å²) in [5.41, 5.74) is 4.03. The minimum absolute atomic E-state index is 0.0777. The quantitative estimate of drug-likeness (QED) is 0.884. The van der Waals surface area contributed by atoms with E-state index < -0.39 is 0 Å². The molecule has 1 unspecified atom stereocenters. The third-order valence-electron chi connectivity index (χ3n) is 3.62. The summed E-state index contributed by atoms with van der Waals surface area (Å²) in [5, 5.41) is 6.10. The van der Waals surface area contributed by atoms with Crippen LogP contribution in [0.2, 0.25) is 0 Å². The van der Waals surface area contributed by atoms with Gasteiger partial charge in [-0.2, -0.15) is 0 Å². The fraction of sp³-hybridized carbons (Fsp3) is 0.278. The molecule has 2 aromatic rings. The fourth-order valence-corrected chi connectivity index (χ4v) is 2.10. The Labute approximate surface area is 131 Å². The number of ether oxygens (including phenoxy) is 1. The van der Waals surface area contributed by atoms with E-state index in [0.717, 1.165) is 22.7 Å².